The number of anilines is 1. The van der Waals surface area contributed by atoms with Crippen LogP contribution in [0.5, 0.6) is 0 Å². The highest BCUT2D eigenvalue weighted by atomic mass is 32.1. The molecule has 1 aromatic rings. The van der Waals surface area contributed by atoms with Gasteiger partial charge in [0.15, 0.2) is 5.11 Å². The number of aryl methyl sites for hydroxylation is 1. The fourth-order valence-corrected chi connectivity index (χ4v) is 2.10. The van der Waals surface area contributed by atoms with Crippen LogP contribution in [0.1, 0.15) is 18.9 Å². The van der Waals surface area contributed by atoms with E-state index in [1.165, 1.54) is 5.56 Å². The van der Waals surface area contributed by atoms with Gasteiger partial charge in [0.05, 0.1) is 0 Å². The van der Waals surface area contributed by atoms with E-state index in [1.54, 1.807) is 0 Å². The normalized spacial score (nSPS) is 22.4. The lowest BCUT2D eigenvalue weighted by Gasteiger charge is -2.13. The second-order valence-electron chi connectivity index (χ2n) is 4.50. The van der Waals surface area contributed by atoms with Crippen molar-refractivity contribution < 1.29 is 9.53 Å². The van der Waals surface area contributed by atoms with Crippen LogP contribution in [0.2, 0.25) is 0 Å². The zero-order valence-electron chi connectivity index (χ0n) is 10.4. The average molecular weight is 264 g/mol. The summed E-state index contributed by atoms with van der Waals surface area (Å²) in [4.78, 5) is 11.4. The minimum absolute atomic E-state index is 0.0443. The number of esters is 1. The van der Waals surface area contributed by atoms with Crippen LogP contribution in [0.25, 0.3) is 0 Å². The third kappa shape index (κ3) is 3.20. The van der Waals surface area contributed by atoms with Crippen molar-refractivity contribution in [1.29, 1.82) is 0 Å². The van der Waals surface area contributed by atoms with Crippen LogP contribution in [0.3, 0.4) is 0 Å². The highest BCUT2D eigenvalue weighted by Crippen LogP contribution is 2.14. The van der Waals surface area contributed by atoms with E-state index in [-0.39, 0.29) is 18.1 Å². The molecule has 0 aliphatic carbocycles. The van der Waals surface area contributed by atoms with Gasteiger partial charge in [0, 0.05) is 12.1 Å². The summed E-state index contributed by atoms with van der Waals surface area (Å²) in [7, 11) is 0. The SMILES string of the molecule is Cc1ccc(NC(=S)N[C@@H]2C[C@H](C)OC2=O)cc1. The van der Waals surface area contributed by atoms with E-state index in [9.17, 15) is 4.79 Å². The molecule has 96 valence electrons. The lowest BCUT2D eigenvalue weighted by Crippen LogP contribution is -2.40. The van der Waals surface area contributed by atoms with Crippen molar-refractivity contribution in [3.8, 4) is 0 Å². The molecule has 18 heavy (non-hydrogen) atoms. The van der Waals surface area contributed by atoms with Crippen LogP contribution in [0.4, 0.5) is 5.69 Å². The molecule has 0 spiro atoms. The predicted molar refractivity (Wildman–Crippen MR) is 74.5 cm³/mol. The summed E-state index contributed by atoms with van der Waals surface area (Å²) in [6.07, 6.45) is 0.603. The number of rotatable bonds is 2. The molecule has 0 bridgehead atoms. The second-order valence-corrected chi connectivity index (χ2v) is 4.91. The fourth-order valence-electron chi connectivity index (χ4n) is 1.84. The Morgan fingerprint density at radius 1 is 1.39 bits per heavy atom. The Labute approximate surface area is 112 Å². The minimum atomic E-state index is -0.342. The van der Waals surface area contributed by atoms with E-state index in [1.807, 2.05) is 38.1 Å². The number of cyclic esters (lactones) is 1. The number of carbonyl (C=O) groups is 1. The fraction of sp³-hybridized carbons (Fsp3) is 0.385. The molecule has 5 heteroatoms. The highest BCUT2D eigenvalue weighted by Gasteiger charge is 2.32. The van der Waals surface area contributed by atoms with Gasteiger partial charge < -0.3 is 15.4 Å². The van der Waals surface area contributed by atoms with Crippen LogP contribution in [-0.2, 0) is 9.53 Å². The lowest BCUT2D eigenvalue weighted by molar-refractivity contribution is -0.142. The smallest absolute Gasteiger partial charge is 0.329 e. The number of nitrogens with one attached hydrogen (secondary N) is 2. The maximum Gasteiger partial charge on any atom is 0.329 e. The van der Waals surface area contributed by atoms with Gasteiger partial charge in [0.2, 0.25) is 0 Å². The van der Waals surface area contributed by atoms with Gasteiger partial charge in [0.1, 0.15) is 12.1 Å². The van der Waals surface area contributed by atoms with Crippen molar-refractivity contribution in [2.24, 2.45) is 0 Å². The Morgan fingerprint density at radius 3 is 2.61 bits per heavy atom. The van der Waals surface area contributed by atoms with Crippen LogP contribution in [0, 0.1) is 6.92 Å². The Balaban J connectivity index is 1.89. The van der Waals surface area contributed by atoms with E-state index >= 15 is 0 Å². The molecule has 1 aliphatic rings. The van der Waals surface area contributed by atoms with E-state index in [0.717, 1.165) is 5.69 Å². The van der Waals surface area contributed by atoms with Crippen molar-refractivity contribution in [2.75, 3.05) is 5.32 Å². The van der Waals surface area contributed by atoms with Gasteiger partial charge in [-0.3, -0.25) is 0 Å². The molecule has 0 aromatic heterocycles. The first-order valence-corrected chi connectivity index (χ1v) is 6.30. The molecule has 1 saturated heterocycles. The molecular weight excluding hydrogens is 248 g/mol. The number of hydrogen-bond donors (Lipinski definition) is 2. The van der Waals surface area contributed by atoms with E-state index in [0.29, 0.717) is 11.5 Å². The largest absolute Gasteiger partial charge is 0.461 e. The summed E-state index contributed by atoms with van der Waals surface area (Å²) in [5.41, 5.74) is 2.09. The Morgan fingerprint density at radius 2 is 2.06 bits per heavy atom. The third-order valence-corrected chi connectivity index (χ3v) is 3.00. The molecule has 1 fully saturated rings. The standard InChI is InChI=1S/C13H16N2O2S/c1-8-3-5-10(6-4-8)14-13(18)15-11-7-9(2)17-12(11)16/h3-6,9,11H,7H2,1-2H3,(H2,14,15,18)/t9-,11+/m0/s1. The molecule has 0 amide bonds. The Hall–Kier alpha value is -1.62. The van der Waals surface area contributed by atoms with Gasteiger partial charge >= 0.3 is 5.97 Å². The number of benzene rings is 1. The maximum absolute atomic E-state index is 11.4. The van der Waals surface area contributed by atoms with Gasteiger partial charge in [0.25, 0.3) is 0 Å². The summed E-state index contributed by atoms with van der Waals surface area (Å²) in [6, 6.07) is 7.54. The quantitative estimate of drug-likeness (QED) is 0.632. The first kappa shape index (κ1) is 12.8. The summed E-state index contributed by atoms with van der Waals surface area (Å²) in [5, 5.41) is 6.45. The molecule has 2 atom stereocenters. The lowest BCUT2D eigenvalue weighted by atomic mass is 10.2. The number of ether oxygens (including phenoxy) is 1. The summed E-state index contributed by atoms with van der Waals surface area (Å²) < 4.78 is 5.05. The number of carbonyl (C=O) groups excluding carboxylic acids is 1. The van der Waals surface area contributed by atoms with Crippen molar-refractivity contribution in [1.82, 2.24) is 5.32 Å². The summed E-state index contributed by atoms with van der Waals surface area (Å²) >= 11 is 5.17. The highest BCUT2D eigenvalue weighted by molar-refractivity contribution is 7.80. The summed E-state index contributed by atoms with van der Waals surface area (Å²) in [5.74, 6) is -0.240. The predicted octanol–water partition coefficient (Wildman–Crippen LogP) is 1.99. The zero-order chi connectivity index (χ0) is 13.1. The van der Waals surface area contributed by atoms with Crippen molar-refractivity contribution >= 4 is 29.0 Å². The summed E-state index contributed by atoms with van der Waals surface area (Å²) in [6.45, 7) is 3.90. The van der Waals surface area contributed by atoms with Gasteiger partial charge in [-0.05, 0) is 38.2 Å². The molecule has 0 unspecified atom stereocenters. The Kier molecular flexibility index (Phi) is 3.81. The van der Waals surface area contributed by atoms with Crippen LogP contribution >= 0.6 is 12.2 Å². The molecule has 1 heterocycles. The van der Waals surface area contributed by atoms with E-state index < -0.39 is 0 Å². The second kappa shape index (κ2) is 5.35. The van der Waals surface area contributed by atoms with Gasteiger partial charge in [-0.15, -0.1) is 0 Å². The topological polar surface area (TPSA) is 50.4 Å². The molecule has 2 N–H and O–H groups in total. The van der Waals surface area contributed by atoms with Crippen molar-refractivity contribution in [3.63, 3.8) is 0 Å². The third-order valence-electron chi connectivity index (χ3n) is 2.78. The molecular formula is C13H16N2O2S. The Bertz CT molecular complexity index is 459. The number of hydrogen-bond acceptors (Lipinski definition) is 3. The molecule has 1 aromatic carbocycles. The van der Waals surface area contributed by atoms with Crippen molar-refractivity contribution in [3.05, 3.63) is 29.8 Å². The van der Waals surface area contributed by atoms with Crippen LogP contribution in [0.15, 0.2) is 24.3 Å². The minimum Gasteiger partial charge on any atom is -0.461 e. The monoisotopic (exact) mass is 264 g/mol. The van der Waals surface area contributed by atoms with E-state index in [2.05, 4.69) is 10.6 Å². The molecule has 0 radical (unpaired) electrons. The van der Waals surface area contributed by atoms with E-state index in [4.69, 9.17) is 17.0 Å². The molecule has 4 nitrogen and oxygen atoms in total. The molecule has 0 saturated carbocycles. The first-order chi connectivity index (χ1) is 8.54. The molecule has 2 rings (SSSR count). The first-order valence-electron chi connectivity index (χ1n) is 5.89. The van der Waals surface area contributed by atoms with Gasteiger partial charge in [-0.25, -0.2) is 4.79 Å². The zero-order valence-corrected chi connectivity index (χ0v) is 11.2. The van der Waals surface area contributed by atoms with Crippen molar-refractivity contribution in [2.45, 2.75) is 32.4 Å². The number of thiocarbonyl (C=S) groups is 1. The van der Waals surface area contributed by atoms with Crippen LogP contribution < -0.4 is 10.6 Å². The van der Waals surface area contributed by atoms with Gasteiger partial charge in [-0.1, -0.05) is 17.7 Å². The molecule has 1 aliphatic heterocycles. The van der Waals surface area contributed by atoms with Gasteiger partial charge in [-0.2, -0.15) is 0 Å². The van der Waals surface area contributed by atoms with Crippen LogP contribution in [-0.4, -0.2) is 23.2 Å². The average Bonchev–Trinajstić information content (AvgIpc) is 2.61. The maximum atomic E-state index is 11.4.